The van der Waals surface area contributed by atoms with Gasteiger partial charge in [-0.2, -0.15) is 0 Å². The van der Waals surface area contributed by atoms with E-state index in [9.17, 15) is 15.3 Å². The second-order valence-electron chi connectivity index (χ2n) is 6.97. The molecule has 2 aromatic heterocycles. The number of nitrogens with one attached hydrogen (secondary N) is 1. The van der Waals surface area contributed by atoms with Crippen molar-refractivity contribution in [1.29, 1.82) is 0 Å². The first-order valence-electron chi connectivity index (χ1n) is 9.19. The Morgan fingerprint density at radius 3 is 2.64 bits per heavy atom. The molecule has 1 aliphatic rings. The van der Waals surface area contributed by atoms with Gasteiger partial charge in [0.25, 0.3) is 0 Å². The largest absolute Gasteiger partial charge is 0.394 e. The van der Waals surface area contributed by atoms with Crippen LogP contribution in [0.25, 0.3) is 11.2 Å². The maximum absolute atomic E-state index is 10.3. The van der Waals surface area contributed by atoms with Crippen molar-refractivity contribution in [3.05, 3.63) is 48.5 Å². The van der Waals surface area contributed by atoms with Gasteiger partial charge in [0.15, 0.2) is 23.2 Å². The van der Waals surface area contributed by atoms with Gasteiger partial charge in [0, 0.05) is 6.54 Å². The summed E-state index contributed by atoms with van der Waals surface area (Å²) >= 11 is 0. The van der Waals surface area contributed by atoms with Crippen LogP contribution >= 0.6 is 0 Å². The summed E-state index contributed by atoms with van der Waals surface area (Å²) in [6.07, 6.45) is -1.22. The molecule has 1 fully saturated rings. The molecule has 4 N–H and O–H groups in total. The van der Waals surface area contributed by atoms with Crippen LogP contribution in [0.4, 0.5) is 5.82 Å². The highest BCUT2D eigenvalue weighted by Gasteiger charge is 2.44. The van der Waals surface area contributed by atoms with Crippen molar-refractivity contribution in [1.82, 2.24) is 19.5 Å². The zero-order valence-electron chi connectivity index (χ0n) is 15.4. The van der Waals surface area contributed by atoms with Crippen molar-refractivity contribution >= 4 is 17.0 Å². The fourth-order valence-corrected chi connectivity index (χ4v) is 3.43. The number of ether oxygens (including phenoxy) is 1. The number of imidazole rings is 1. The lowest BCUT2D eigenvalue weighted by Crippen LogP contribution is -2.33. The van der Waals surface area contributed by atoms with Crippen LogP contribution in [-0.4, -0.2) is 66.3 Å². The van der Waals surface area contributed by atoms with Gasteiger partial charge in [-0.3, -0.25) is 4.57 Å². The van der Waals surface area contributed by atoms with E-state index in [1.165, 1.54) is 18.2 Å². The fourth-order valence-electron chi connectivity index (χ4n) is 3.43. The predicted molar refractivity (Wildman–Crippen MR) is 102 cm³/mol. The average Bonchev–Trinajstić information content (AvgIpc) is 3.28. The third kappa shape index (κ3) is 3.33. The van der Waals surface area contributed by atoms with Gasteiger partial charge in [-0.15, -0.1) is 0 Å². The lowest BCUT2D eigenvalue weighted by molar-refractivity contribution is -0.0511. The first-order chi connectivity index (χ1) is 13.6. The fraction of sp³-hybridized carbons (Fsp3) is 0.421. The number of rotatable bonds is 6. The van der Waals surface area contributed by atoms with Crippen LogP contribution < -0.4 is 5.32 Å². The number of fused-ring (bicyclic) bond motifs is 1. The van der Waals surface area contributed by atoms with E-state index >= 15 is 0 Å². The Bertz CT molecular complexity index is 934. The smallest absolute Gasteiger partial charge is 0.167 e. The van der Waals surface area contributed by atoms with E-state index in [2.05, 4.69) is 39.3 Å². The molecule has 0 amide bonds. The summed E-state index contributed by atoms with van der Waals surface area (Å²) in [6.45, 7) is 2.40. The molecule has 3 aromatic rings. The highest BCUT2D eigenvalue weighted by atomic mass is 16.6. The van der Waals surface area contributed by atoms with Crippen LogP contribution in [0.1, 0.15) is 24.6 Å². The third-order valence-electron chi connectivity index (χ3n) is 5.09. The van der Waals surface area contributed by atoms with E-state index in [0.29, 0.717) is 23.5 Å². The van der Waals surface area contributed by atoms with Gasteiger partial charge in [0.1, 0.15) is 24.6 Å². The predicted octanol–water partition coefficient (Wildman–Crippen LogP) is 0.653. The minimum absolute atomic E-state index is 0.272. The van der Waals surface area contributed by atoms with Gasteiger partial charge in [0.05, 0.1) is 12.9 Å². The molecule has 0 radical (unpaired) electrons. The molecular formula is C19H23N5O4. The van der Waals surface area contributed by atoms with Gasteiger partial charge in [0.2, 0.25) is 0 Å². The standard InChI is InChI=1S/C19H23N5O4/c1-11(12-5-3-2-4-6-12)7-20-17-14-18(22-9-21-17)24(10-23-14)19-16(27)15(26)13(8-25)28-19/h2-6,9-11,13,15-16,19,25-27H,7-8H2,1H3,(H,20,21,22)/t11?,13-,15-,16-,19-/m1/s1. The summed E-state index contributed by atoms with van der Waals surface area (Å²) in [4.78, 5) is 12.9. The zero-order chi connectivity index (χ0) is 19.7. The number of aromatic nitrogens is 4. The Labute approximate surface area is 161 Å². The minimum Gasteiger partial charge on any atom is -0.394 e. The first kappa shape index (κ1) is 18.8. The van der Waals surface area contributed by atoms with Crippen LogP contribution in [0.2, 0.25) is 0 Å². The normalized spacial score (nSPS) is 25.9. The van der Waals surface area contributed by atoms with E-state index < -0.39 is 24.5 Å². The number of aliphatic hydroxyl groups excluding tert-OH is 3. The quantitative estimate of drug-likeness (QED) is 0.487. The first-order valence-corrected chi connectivity index (χ1v) is 9.19. The van der Waals surface area contributed by atoms with E-state index in [1.807, 2.05) is 18.2 Å². The summed E-state index contributed by atoms with van der Waals surface area (Å²) in [5, 5.41) is 32.9. The maximum atomic E-state index is 10.3. The van der Waals surface area contributed by atoms with E-state index in [0.717, 1.165) is 0 Å². The van der Waals surface area contributed by atoms with Gasteiger partial charge in [-0.1, -0.05) is 37.3 Å². The minimum atomic E-state index is -1.20. The summed E-state index contributed by atoms with van der Waals surface area (Å²) < 4.78 is 7.12. The Balaban J connectivity index is 1.56. The van der Waals surface area contributed by atoms with Gasteiger partial charge >= 0.3 is 0 Å². The van der Waals surface area contributed by atoms with Crippen molar-refractivity contribution < 1.29 is 20.1 Å². The van der Waals surface area contributed by atoms with Crippen LogP contribution in [-0.2, 0) is 4.74 Å². The monoisotopic (exact) mass is 385 g/mol. The van der Waals surface area contributed by atoms with Crippen LogP contribution in [0, 0.1) is 0 Å². The molecule has 1 saturated heterocycles. The Morgan fingerprint density at radius 2 is 1.93 bits per heavy atom. The molecule has 5 atom stereocenters. The topological polar surface area (TPSA) is 126 Å². The number of hydrogen-bond donors (Lipinski definition) is 4. The second kappa shape index (κ2) is 7.80. The SMILES string of the molecule is CC(CNc1ncnc2c1ncn2[C@@H]1O[C@H](CO)[C@@H](O)[C@H]1O)c1ccccc1. The lowest BCUT2D eigenvalue weighted by Gasteiger charge is -2.17. The number of anilines is 1. The second-order valence-corrected chi connectivity index (χ2v) is 6.97. The van der Waals surface area contributed by atoms with E-state index in [4.69, 9.17) is 4.74 Å². The number of nitrogens with zero attached hydrogens (tertiary/aromatic N) is 4. The number of aliphatic hydroxyl groups is 3. The zero-order valence-corrected chi connectivity index (χ0v) is 15.4. The highest BCUT2D eigenvalue weighted by Crippen LogP contribution is 2.32. The van der Waals surface area contributed by atoms with Gasteiger partial charge < -0.3 is 25.4 Å². The Hall–Kier alpha value is -2.59. The molecule has 0 saturated carbocycles. The third-order valence-corrected chi connectivity index (χ3v) is 5.09. The molecule has 1 aromatic carbocycles. The van der Waals surface area contributed by atoms with Crippen LogP contribution in [0.3, 0.4) is 0 Å². The van der Waals surface area contributed by atoms with Crippen molar-refractivity contribution in [3.8, 4) is 0 Å². The molecule has 148 valence electrons. The Morgan fingerprint density at radius 1 is 1.14 bits per heavy atom. The molecule has 28 heavy (non-hydrogen) atoms. The van der Waals surface area contributed by atoms with E-state index in [1.54, 1.807) is 4.57 Å². The Kier molecular flexibility index (Phi) is 5.23. The van der Waals surface area contributed by atoms with Crippen molar-refractivity contribution in [2.45, 2.75) is 37.4 Å². The van der Waals surface area contributed by atoms with Crippen molar-refractivity contribution in [2.24, 2.45) is 0 Å². The molecule has 0 aliphatic carbocycles. The molecule has 1 aliphatic heterocycles. The average molecular weight is 385 g/mol. The molecule has 3 heterocycles. The van der Waals surface area contributed by atoms with Crippen LogP contribution in [0.5, 0.6) is 0 Å². The summed E-state index contributed by atoms with van der Waals surface area (Å²) in [5.41, 5.74) is 2.23. The molecule has 0 spiro atoms. The molecular weight excluding hydrogens is 362 g/mol. The van der Waals surface area contributed by atoms with Crippen molar-refractivity contribution in [2.75, 3.05) is 18.5 Å². The number of benzene rings is 1. The van der Waals surface area contributed by atoms with Gasteiger partial charge in [-0.05, 0) is 11.5 Å². The summed E-state index contributed by atoms with van der Waals surface area (Å²) in [7, 11) is 0. The lowest BCUT2D eigenvalue weighted by atomic mass is 10.0. The molecule has 4 rings (SSSR count). The molecule has 9 nitrogen and oxygen atoms in total. The maximum Gasteiger partial charge on any atom is 0.167 e. The summed E-state index contributed by atoms with van der Waals surface area (Å²) in [6, 6.07) is 10.2. The molecule has 1 unspecified atom stereocenters. The van der Waals surface area contributed by atoms with Gasteiger partial charge in [-0.25, -0.2) is 15.0 Å². The molecule has 9 heteroatoms. The van der Waals surface area contributed by atoms with E-state index in [-0.39, 0.29) is 12.5 Å². The summed E-state index contributed by atoms with van der Waals surface area (Å²) in [5.74, 6) is 0.854. The molecule has 0 bridgehead atoms. The highest BCUT2D eigenvalue weighted by molar-refractivity contribution is 5.82. The number of hydrogen-bond acceptors (Lipinski definition) is 8. The van der Waals surface area contributed by atoms with Crippen molar-refractivity contribution in [3.63, 3.8) is 0 Å². The van der Waals surface area contributed by atoms with Crippen LogP contribution in [0.15, 0.2) is 43.0 Å².